The number of hydrogen-bond acceptors (Lipinski definition) is 1. The maximum absolute atomic E-state index is 2.38. The fraction of sp³-hybridized carbons (Fsp3) is 0.143. The molecule has 4 rings (SSSR count). The second-order valence-electron chi connectivity index (χ2n) is 6.47. The molecule has 1 nitrogen and oxygen atoms in total. The highest BCUT2D eigenvalue weighted by molar-refractivity contribution is 14.1. The Morgan fingerprint density at radius 3 is 1.70 bits per heavy atom. The van der Waals surface area contributed by atoms with Gasteiger partial charge in [-0.15, -0.1) is 0 Å². The van der Waals surface area contributed by atoms with E-state index in [0.717, 1.165) is 0 Å². The van der Waals surface area contributed by atoms with E-state index in [-0.39, 0.29) is 5.41 Å². The minimum atomic E-state index is 0.00684. The molecule has 3 aromatic rings. The molecule has 0 radical (unpaired) electrons. The first kappa shape index (κ1) is 14.8. The first-order valence-electron chi connectivity index (χ1n) is 7.84. The molecule has 2 heteroatoms. The van der Waals surface area contributed by atoms with Crippen LogP contribution in [0.1, 0.15) is 25.0 Å². The zero-order valence-electron chi connectivity index (χ0n) is 13.3. The zero-order chi connectivity index (χ0) is 16.0. The van der Waals surface area contributed by atoms with Gasteiger partial charge in [0, 0.05) is 14.7 Å². The van der Waals surface area contributed by atoms with Crippen LogP contribution in [0.25, 0.3) is 0 Å². The number of halogens is 1. The summed E-state index contributed by atoms with van der Waals surface area (Å²) >= 11 is 2.35. The Hall–Kier alpha value is -1.81. The van der Waals surface area contributed by atoms with E-state index in [1.807, 2.05) is 0 Å². The topological polar surface area (TPSA) is 3.24 Å². The number of hydrogen-bond donors (Lipinski definition) is 0. The van der Waals surface area contributed by atoms with Crippen molar-refractivity contribution in [2.24, 2.45) is 0 Å². The first-order valence-corrected chi connectivity index (χ1v) is 8.91. The lowest BCUT2D eigenvalue weighted by Gasteiger charge is -2.42. The van der Waals surface area contributed by atoms with Crippen LogP contribution in [0.4, 0.5) is 17.1 Å². The van der Waals surface area contributed by atoms with Crippen molar-refractivity contribution in [3.05, 3.63) is 87.5 Å². The maximum atomic E-state index is 2.38. The van der Waals surface area contributed by atoms with Crippen LogP contribution >= 0.6 is 22.6 Å². The lowest BCUT2D eigenvalue weighted by molar-refractivity contribution is 0.632. The third kappa shape index (κ3) is 2.27. The van der Waals surface area contributed by atoms with Gasteiger partial charge in [-0.25, -0.2) is 0 Å². The molecule has 0 atom stereocenters. The van der Waals surface area contributed by atoms with E-state index in [4.69, 9.17) is 0 Å². The van der Waals surface area contributed by atoms with Crippen LogP contribution in [0.3, 0.4) is 0 Å². The van der Waals surface area contributed by atoms with Gasteiger partial charge in [0.15, 0.2) is 0 Å². The number of benzene rings is 3. The molecule has 23 heavy (non-hydrogen) atoms. The summed E-state index contributed by atoms with van der Waals surface area (Å²) in [4.78, 5) is 2.38. The van der Waals surface area contributed by atoms with Gasteiger partial charge in [0.25, 0.3) is 0 Å². The number of fused-ring (bicyclic) bond motifs is 2. The van der Waals surface area contributed by atoms with Gasteiger partial charge in [0.05, 0.1) is 11.4 Å². The smallest absolute Gasteiger partial charge is 0.0502 e. The van der Waals surface area contributed by atoms with Crippen molar-refractivity contribution in [2.75, 3.05) is 4.90 Å². The molecule has 0 fully saturated rings. The minimum absolute atomic E-state index is 0.00684. The molecule has 1 aliphatic rings. The fourth-order valence-corrected chi connectivity index (χ4v) is 3.90. The Morgan fingerprint density at radius 2 is 1.17 bits per heavy atom. The van der Waals surface area contributed by atoms with Crippen LogP contribution in [-0.2, 0) is 5.41 Å². The van der Waals surface area contributed by atoms with E-state index in [1.54, 1.807) is 0 Å². The van der Waals surface area contributed by atoms with Gasteiger partial charge in [-0.1, -0.05) is 50.2 Å². The van der Waals surface area contributed by atoms with E-state index in [1.165, 1.54) is 31.8 Å². The predicted octanol–water partition coefficient (Wildman–Crippen LogP) is 6.40. The van der Waals surface area contributed by atoms with E-state index in [9.17, 15) is 0 Å². The Balaban J connectivity index is 2.02. The average Bonchev–Trinajstić information content (AvgIpc) is 2.57. The van der Waals surface area contributed by atoms with Crippen molar-refractivity contribution in [3.8, 4) is 0 Å². The first-order chi connectivity index (χ1) is 11.1. The summed E-state index contributed by atoms with van der Waals surface area (Å²) < 4.78 is 1.25. The quantitative estimate of drug-likeness (QED) is 0.419. The highest BCUT2D eigenvalue weighted by Gasteiger charge is 2.36. The highest BCUT2D eigenvalue weighted by atomic mass is 127. The van der Waals surface area contributed by atoms with Crippen LogP contribution < -0.4 is 4.90 Å². The number of rotatable bonds is 1. The van der Waals surface area contributed by atoms with Gasteiger partial charge in [-0.2, -0.15) is 0 Å². The van der Waals surface area contributed by atoms with Gasteiger partial charge in [0.2, 0.25) is 0 Å². The molecular weight excluding hydrogens is 393 g/mol. The summed E-state index contributed by atoms with van der Waals surface area (Å²) in [6, 6.07) is 26.2. The van der Waals surface area contributed by atoms with Gasteiger partial charge >= 0.3 is 0 Å². The van der Waals surface area contributed by atoms with Crippen LogP contribution in [-0.4, -0.2) is 0 Å². The van der Waals surface area contributed by atoms with E-state index in [0.29, 0.717) is 0 Å². The molecule has 0 saturated carbocycles. The second-order valence-corrected chi connectivity index (χ2v) is 7.72. The van der Waals surface area contributed by atoms with Crippen LogP contribution in [0.2, 0.25) is 0 Å². The summed E-state index contributed by atoms with van der Waals surface area (Å²) in [5.74, 6) is 0. The fourth-order valence-electron chi connectivity index (χ4n) is 3.54. The minimum Gasteiger partial charge on any atom is -0.310 e. The molecule has 0 unspecified atom stereocenters. The molecular formula is C21H18IN. The standard InChI is InChI=1S/C21H18IN/c1-21(2)17-7-3-5-9-19(17)23(16-13-11-15(22)12-14-16)20-10-6-4-8-18(20)21/h3-14H,1-2H3. The highest BCUT2D eigenvalue weighted by Crippen LogP contribution is 2.51. The molecule has 114 valence electrons. The third-order valence-corrected chi connectivity index (χ3v) is 5.44. The summed E-state index contributed by atoms with van der Waals surface area (Å²) in [5, 5.41) is 0. The molecule has 1 aliphatic heterocycles. The Bertz CT molecular complexity index is 816. The molecule has 0 spiro atoms. The molecule has 0 bridgehead atoms. The van der Waals surface area contributed by atoms with Crippen LogP contribution in [0.5, 0.6) is 0 Å². The van der Waals surface area contributed by atoms with Crippen LogP contribution in [0, 0.1) is 3.57 Å². The number of para-hydroxylation sites is 2. The van der Waals surface area contributed by atoms with Gasteiger partial charge < -0.3 is 4.90 Å². The Morgan fingerprint density at radius 1 is 0.696 bits per heavy atom. The summed E-state index contributed by atoms with van der Waals surface area (Å²) in [6.45, 7) is 4.63. The molecule has 0 amide bonds. The van der Waals surface area contributed by atoms with Gasteiger partial charge in [-0.3, -0.25) is 0 Å². The lowest BCUT2D eigenvalue weighted by Crippen LogP contribution is -2.30. The summed E-state index contributed by atoms with van der Waals surface area (Å²) in [5.41, 5.74) is 6.51. The second kappa shape index (κ2) is 5.38. The molecule has 3 aromatic carbocycles. The van der Waals surface area contributed by atoms with Gasteiger partial charge in [0.1, 0.15) is 0 Å². The van der Waals surface area contributed by atoms with Crippen molar-refractivity contribution in [1.82, 2.24) is 0 Å². The SMILES string of the molecule is CC1(C)c2ccccc2N(c2ccc(I)cc2)c2ccccc21. The van der Waals surface area contributed by atoms with E-state index in [2.05, 4.69) is 114 Å². The maximum Gasteiger partial charge on any atom is 0.0502 e. The largest absolute Gasteiger partial charge is 0.310 e. The van der Waals surface area contributed by atoms with Crippen molar-refractivity contribution in [2.45, 2.75) is 19.3 Å². The van der Waals surface area contributed by atoms with Gasteiger partial charge in [-0.05, 0) is 70.1 Å². The van der Waals surface area contributed by atoms with Crippen molar-refractivity contribution in [1.29, 1.82) is 0 Å². The normalized spacial score (nSPS) is 15.0. The number of nitrogens with zero attached hydrogens (tertiary/aromatic N) is 1. The monoisotopic (exact) mass is 411 g/mol. The van der Waals surface area contributed by atoms with Crippen molar-refractivity contribution < 1.29 is 0 Å². The Labute approximate surface area is 151 Å². The summed E-state index contributed by atoms with van der Waals surface area (Å²) in [6.07, 6.45) is 0. The predicted molar refractivity (Wildman–Crippen MR) is 106 cm³/mol. The van der Waals surface area contributed by atoms with Crippen molar-refractivity contribution in [3.63, 3.8) is 0 Å². The molecule has 0 aliphatic carbocycles. The molecule has 0 saturated heterocycles. The lowest BCUT2D eigenvalue weighted by atomic mass is 9.73. The average molecular weight is 411 g/mol. The Kier molecular flexibility index (Phi) is 3.45. The number of anilines is 3. The van der Waals surface area contributed by atoms with Crippen LogP contribution in [0.15, 0.2) is 72.8 Å². The third-order valence-electron chi connectivity index (χ3n) is 4.72. The summed E-state index contributed by atoms with van der Waals surface area (Å²) in [7, 11) is 0. The molecule has 1 heterocycles. The zero-order valence-corrected chi connectivity index (χ0v) is 15.4. The molecule has 0 N–H and O–H groups in total. The van der Waals surface area contributed by atoms with E-state index < -0.39 is 0 Å². The van der Waals surface area contributed by atoms with Crippen molar-refractivity contribution >= 4 is 39.7 Å². The molecule has 0 aromatic heterocycles. The van der Waals surface area contributed by atoms with E-state index >= 15 is 0 Å².